The number of nitrogens with one attached hydrogen (secondary N) is 1. The fourth-order valence-electron chi connectivity index (χ4n) is 5.38. The Morgan fingerprint density at radius 2 is 1.77 bits per heavy atom. The van der Waals surface area contributed by atoms with Crippen LogP contribution in [0.15, 0.2) is 87.2 Å². The third kappa shape index (κ3) is 4.88. The van der Waals surface area contributed by atoms with Gasteiger partial charge in [-0.1, -0.05) is 67.0 Å². The first kappa shape index (κ1) is 25.6. The predicted molar refractivity (Wildman–Crippen MR) is 153 cm³/mol. The Bertz CT molecular complexity index is 1810. The second kappa shape index (κ2) is 10.1. The SMILES string of the molecule is CCCc1ncn(-c2ccc3c(c2)CC(C)(C)O3)c(=O)c1Cc1ccc(-c2ccccc2-c2noc(=O)[nH]2)cc1. The average Bonchev–Trinajstić information content (AvgIpc) is 3.51. The minimum absolute atomic E-state index is 0.0546. The van der Waals surface area contributed by atoms with Crippen LogP contribution in [-0.4, -0.2) is 25.3 Å². The summed E-state index contributed by atoms with van der Waals surface area (Å²) in [6.07, 6.45) is 4.55. The third-order valence-electron chi connectivity index (χ3n) is 7.23. The van der Waals surface area contributed by atoms with Crippen molar-refractivity contribution in [3.05, 3.63) is 116 Å². The second-order valence-corrected chi connectivity index (χ2v) is 10.8. The van der Waals surface area contributed by atoms with Crippen molar-refractivity contribution in [3.8, 4) is 34.0 Å². The normalized spacial score (nSPS) is 13.7. The van der Waals surface area contributed by atoms with Crippen LogP contribution < -0.4 is 16.1 Å². The molecule has 1 aliphatic rings. The van der Waals surface area contributed by atoms with Gasteiger partial charge in [-0.25, -0.2) is 9.78 Å². The Kier molecular flexibility index (Phi) is 6.46. The van der Waals surface area contributed by atoms with Crippen LogP contribution in [0.5, 0.6) is 5.75 Å². The number of ether oxygens (including phenoxy) is 1. The summed E-state index contributed by atoms with van der Waals surface area (Å²) in [5.74, 6) is 0.655. The van der Waals surface area contributed by atoms with Crippen LogP contribution in [0, 0.1) is 0 Å². The summed E-state index contributed by atoms with van der Waals surface area (Å²) in [5.41, 5.74) is 6.77. The highest BCUT2D eigenvalue weighted by molar-refractivity contribution is 5.80. The molecule has 0 amide bonds. The first-order chi connectivity index (χ1) is 19.3. The van der Waals surface area contributed by atoms with Crippen LogP contribution in [0.4, 0.5) is 0 Å². The van der Waals surface area contributed by atoms with Crippen LogP contribution >= 0.6 is 0 Å². The van der Waals surface area contributed by atoms with E-state index in [0.29, 0.717) is 17.8 Å². The molecule has 1 aliphatic heterocycles. The van der Waals surface area contributed by atoms with Gasteiger partial charge in [-0.3, -0.25) is 18.9 Å². The van der Waals surface area contributed by atoms with Crippen LogP contribution in [0.3, 0.4) is 0 Å². The summed E-state index contributed by atoms with van der Waals surface area (Å²) >= 11 is 0. The number of fused-ring (bicyclic) bond motifs is 1. The van der Waals surface area contributed by atoms with Crippen molar-refractivity contribution < 1.29 is 9.26 Å². The van der Waals surface area contributed by atoms with Crippen LogP contribution in [0.25, 0.3) is 28.2 Å². The first-order valence-electron chi connectivity index (χ1n) is 13.5. The molecule has 6 rings (SSSR count). The van der Waals surface area contributed by atoms with E-state index in [-0.39, 0.29) is 11.2 Å². The molecule has 0 saturated carbocycles. The molecule has 0 unspecified atom stereocenters. The van der Waals surface area contributed by atoms with Gasteiger partial charge in [0, 0.05) is 29.5 Å². The van der Waals surface area contributed by atoms with E-state index >= 15 is 0 Å². The van der Waals surface area contributed by atoms with E-state index in [1.165, 1.54) is 0 Å². The number of aromatic nitrogens is 4. The molecule has 0 radical (unpaired) electrons. The summed E-state index contributed by atoms with van der Waals surface area (Å²) in [6.45, 7) is 6.22. The van der Waals surface area contributed by atoms with E-state index in [4.69, 9.17) is 14.2 Å². The predicted octanol–water partition coefficient (Wildman–Crippen LogP) is 5.50. The summed E-state index contributed by atoms with van der Waals surface area (Å²) < 4.78 is 12.4. The van der Waals surface area contributed by atoms with E-state index in [2.05, 4.69) is 30.9 Å². The van der Waals surface area contributed by atoms with Crippen LogP contribution in [-0.2, 0) is 19.3 Å². The lowest BCUT2D eigenvalue weighted by molar-refractivity contribution is 0.138. The smallest absolute Gasteiger partial charge is 0.439 e. The van der Waals surface area contributed by atoms with Crippen molar-refractivity contribution >= 4 is 0 Å². The maximum atomic E-state index is 13.8. The van der Waals surface area contributed by atoms with Gasteiger partial charge in [0.15, 0.2) is 5.82 Å². The molecule has 0 aliphatic carbocycles. The van der Waals surface area contributed by atoms with E-state index in [9.17, 15) is 9.59 Å². The minimum atomic E-state index is -0.595. The number of H-pyrrole nitrogens is 1. The Morgan fingerprint density at radius 3 is 2.50 bits per heavy atom. The summed E-state index contributed by atoms with van der Waals surface area (Å²) in [5, 5.41) is 3.85. The lowest BCUT2D eigenvalue weighted by atomic mass is 9.96. The van der Waals surface area contributed by atoms with E-state index in [1.807, 2.05) is 66.7 Å². The highest BCUT2D eigenvalue weighted by Gasteiger charge is 2.30. The van der Waals surface area contributed by atoms with Gasteiger partial charge < -0.3 is 4.74 Å². The van der Waals surface area contributed by atoms with Gasteiger partial charge in [0.2, 0.25) is 0 Å². The highest BCUT2D eigenvalue weighted by atomic mass is 16.5. The zero-order valence-electron chi connectivity index (χ0n) is 22.7. The van der Waals surface area contributed by atoms with Crippen molar-refractivity contribution in [1.82, 2.24) is 19.7 Å². The number of aryl methyl sites for hydroxylation is 1. The van der Waals surface area contributed by atoms with Gasteiger partial charge in [-0.2, -0.15) is 0 Å². The van der Waals surface area contributed by atoms with E-state index in [1.54, 1.807) is 10.9 Å². The molecule has 3 aromatic carbocycles. The molecule has 8 heteroatoms. The zero-order chi connectivity index (χ0) is 27.9. The molecule has 40 heavy (non-hydrogen) atoms. The number of aromatic amines is 1. The topological polar surface area (TPSA) is 103 Å². The maximum Gasteiger partial charge on any atom is 0.439 e. The molecular formula is C32H30N4O4. The van der Waals surface area contributed by atoms with Crippen molar-refractivity contribution in [3.63, 3.8) is 0 Å². The van der Waals surface area contributed by atoms with Crippen LogP contribution in [0.2, 0.25) is 0 Å². The number of hydrogen-bond donors (Lipinski definition) is 1. The number of rotatable bonds is 7. The lowest BCUT2D eigenvalue weighted by Crippen LogP contribution is -2.25. The van der Waals surface area contributed by atoms with Gasteiger partial charge in [-0.05, 0) is 55.2 Å². The molecule has 202 valence electrons. The maximum absolute atomic E-state index is 13.8. The van der Waals surface area contributed by atoms with Crippen molar-refractivity contribution in [1.29, 1.82) is 0 Å². The van der Waals surface area contributed by atoms with Gasteiger partial charge in [0.1, 0.15) is 17.7 Å². The van der Waals surface area contributed by atoms with Gasteiger partial charge in [0.05, 0.1) is 11.4 Å². The van der Waals surface area contributed by atoms with Gasteiger partial charge in [-0.15, -0.1) is 0 Å². The van der Waals surface area contributed by atoms with Crippen molar-refractivity contribution in [2.75, 3.05) is 0 Å². The Hall–Kier alpha value is -4.72. The molecule has 0 atom stereocenters. The molecule has 8 nitrogen and oxygen atoms in total. The van der Waals surface area contributed by atoms with Gasteiger partial charge >= 0.3 is 5.76 Å². The quantitative estimate of drug-likeness (QED) is 0.296. The average molecular weight is 535 g/mol. The summed E-state index contributed by atoms with van der Waals surface area (Å²) in [7, 11) is 0. The molecule has 1 N–H and O–H groups in total. The Balaban J connectivity index is 1.33. The first-order valence-corrected chi connectivity index (χ1v) is 13.5. The number of benzene rings is 3. The van der Waals surface area contributed by atoms with E-state index in [0.717, 1.165) is 64.2 Å². The summed E-state index contributed by atoms with van der Waals surface area (Å²) in [4.78, 5) is 32.7. The summed E-state index contributed by atoms with van der Waals surface area (Å²) in [6, 6.07) is 21.7. The molecule has 0 spiro atoms. The fourth-order valence-corrected chi connectivity index (χ4v) is 5.38. The van der Waals surface area contributed by atoms with Crippen molar-refractivity contribution in [2.45, 2.75) is 52.1 Å². The Morgan fingerprint density at radius 1 is 1.00 bits per heavy atom. The monoisotopic (exact) mass is 534 g/mol. The minimum Gasteiger partial charge on any atom is -0.487 e. The van der Waals surface area contributed by atoms with Crippen molar-refractivity contribution in [2.24, 2.45) is 0 Å². The molecule has 3 heterocycles. The number of hydrogen-bond acceptors (Lipinski definition) is 6. The Labute approximate surface area is 231 Å². The highest BCUT2D eigenvalue weighted by Crippen LogP contribution is 2.36. The van der Waals surface area contributed by atoms with Crippen LogP contribution in [0.1, 0.15) is 49.6 Å². The molecule has 2 aromatic heterocycles. The molecule has 0 saturated heterocycles. The zero-order valence-corrected chi connectivity index (χ0v) is 22.7. The second-order valence-electron chi connectivity index (χ2n) is 10.8. The standard InChI is InChI=1S/C32H30N4O4/c1-4-7-27-26(30(37)36(19-33-27)23-14-15-28-22(17-23)18-32(2,3)39-28)16-20-10-12-21(13-11-20)24-8-5-6-9-25(24)29-34-31(38)40-35-29/h5-6,8-15,17,19H,4,7,16,18H2,1-3H3,(H,34,35,38). The molecule has 0 bridgehead atoms. The molecule has 0 fully saturated rings. The molecule has 5 aromatic rings. The van der Waals surface area contributed by atoms with Gasteiger partial charge in [0.25, 0.3) is 5.56 Å². The molecular weight excluding hydrogens is 504 g/mol. The largest absolute Gasteiger partial charge is 0.487 e. The third-order valence-corrected chi connectivity index (χ3v) is 7.23. The van der Waals surface area contributed by atoms with E-state index < -0.39 is 5.76 Å². The number of nitrogens with zero attached hydrogens (tertiary/aromatic N) is 3. The lowest BCUT2D eigenvalue weighted by Gasteiger charge is -2.16. The fraction of sp³-hybridized carbons (Fsp3) is 0.250.